The summed E-state index contributed by atoms with van der Waals surface area (Å²) in [4.78, 5) is 0. The molecule has 1 heterocycles. The lowest BCUT2D eigenvalue weighted by Crippen LogP contribution is -1.97. The number of halogens is 1. The number of hydrogen-bond donors (Lipinski definition) is 0. The molecule has 160 valence electrons. The van der Waals surface area contributed by atoms with Crippen molar-refractivity contribution in [2.75, 3.05) is 0 Å². The SMILES string of the molecule is Clc1ccccc1-c1ccccc1-n1c2ccc3ccccc3c2c2c3ccccc3ccc21. The molecule has 0 saturated heterocycles. The maximum Gasteiger partial charge on any atom is 0.0548 e. The summed E-state index contributed by atoms with van der Waals surface area (Å²) in [5.41, 5.74) is 5.68. The highest BCUT2D eigenvalue weighted by Crippen LogP contribution is 2.42. The highest BCUT2D eigenvalue weighted by Gasteiger charge is 2.19. The van der Waals surface area contributed by atoms with E-state index in [0.717, 1.165) is 21.8 Å². The molecule has 0 amide bonds. The molecule has 0 bridgehead atoms. The van der Waals surface area contributed by atoms with Gasteiger partial charge in [0.1, 0.15) is 0 Å². The van der Waals surface area contributed by atoms with E-state index >= 15 is 0 Å². The summed E-state index contributed by atoms with van der Waals surface area (Å²) in [6, 6.07) is 43.0. The Morgan fingerprint density at radius 1 is 0.441 bits per heavy atom. The average Bonchev–Trinajstić information content (AvgIpc) is 3.24. The van der Waals surface area contributed by atoms with E-state index in [-0.39, 0.29) is 0 Å². The van der Waals surface area contributed by atoms with Gasteiger partial charge in [0.2, 0.25) is 0 Å². The minimum atomic E-state index is 0.756. The van der Waals surface area contributed by atoms with Gasteiger partial charge in [-0.05, 0) is 45.8 Å². The lowest BCUT2D eigenvalue weighted by Gasteiger charge is -2.15. The number of fused-ring (bicyclic) bond motifs is 7. The van der Waals surface area contributed by atoms with Crippen LogP contribution in [0.2, 0.25) is 5.02 Å². The summed E-state index contributed by atoms with van der Waals surface area (Å²) < 4.78 is 2.40. The van der Waals surface area contributed by atoms with Gasteiger partial charge in [-0.15, -0.1) is 0 Å². The fraction of sp³-hybridized carbons (Fsp3) is 0. The van der Waals surface area contributed by atoms with Crippen LogP contribution in [-0.4, -0.2) is 4.57 Å². The predicted octanol–water partition coefficient (Wildman–Crippen LogP) is 9.41. The van der Waals surface area contributed by atoms with Gasteiger partial charge in [-0.1, -0.05) is 109 Å². The van der Waals surface area contributed by atoms with E-state index in [9.17, 15) is 0 Å². The van der Waals surface area contributed by atoms with Gasteiger partial charge >= 0.3 is 0 Å². The van der Waals surface area contributed by atoms with Gasteiger partial charge in [0.25, 0.3) is 0 Å². The van der Waals surface area contributed by atoms with Crippen LogP contribution in [0, 0.1) is 0 Å². The van der Waals surface area contributed by atoms with Crippen LogP contribution >= 0.6 is 11.6 Å². The zero-order valence-electron chi connectivity index (χ0n) is 18.4. The third-order valence-electron chi connectivity index (χ3n) is 6.85. The summed E-state index contributed by atoms with van der Waals surface area (Å²) >= 11 is 6.68. The molecule has 0 saturated carbocycles. The molecule has 0 aliphatic carbocycles. The van der Waals surface area contributed by atoms with Gasteiger partial charge in [0, 0.05) is 26.9 Å². The zero-order valence-corrected chi connectivity index (χ0v) is 19.1. The minimum absolute atomic E-state index is 0.756. The molecule has 0 fully saturated rings. The van der Waals surface area contributed by atoms with E-state index in [4.69, 9.17) is 11.6 Å². The van der Waals surface area contributed by atoms with Crippen molar-refractivity contribution >= 4 is 55.0 Å². The molecule has 2 heteroatoms. The summed E-state index contributed by atoms with van der Waals surface area (Å²) in [6.07, 6.45) is 0. The van der Waals surface area contributed by atoms with E-state index in [1.807, 2.05) is 18.2 Å². The van der Waals surface area contributed by atoms with Crippen LogP contribution in [0.3, 0.4) is 0 Å². The van der Waals surface area contributed by atoms with Gasteiger partial charge < -0.3 is 4.57 Å². The normalized spacial score (nSPS) is 11.7. The monoisotopic (exact) mass is 453 g/mol. The Morgan fingerprint density at radius 3 is 1.56 bits per heavy atom. The Balaban J connectivity index is 1.72. The first kappa shape index (κ1) is 19.4. The van der Waals surface area contributed by atoms with Crippen LogP contribution in [0.25, 0.3) is 60.2 Å². The topological polar surface area (TPSA) is 4.93 Å². The molecular weight excluding hydrogens is 434 g/mol. The van der Waals surface area contributed by atoms with E-state index < -0.39 is 0 Å². The van der Waals surface area contributed by atoms with Gasteiger partial charge in [0.05, 0.1) is 16.7 Å². The highest BCUT2D eigenvalue weighted by atomic mass is 35.5. The first-order chi connectivity index (χ1) is 16.8. The minimum Gasteiger partial charge on any atom is -0.309 e. The second kappa shape index (κ2) is 7.48. The third-order valence-corrected chi connectivity index (χ3v) is 7.18. The van der Waals surface area contributed by atoms with Crippen molar-refractivity contribution in [3.05, 3.63) is 126 Å². The zero-order chi connectivity index (χ0) is 22.6. The number of benzene rings is 6. The van der Waals surface area contributed by atoms with Gasteiger partial charge in [-0.25, -0.2) is 0 Å². The summed E-state index contributed by atoms with van der Waals surface area (Å²) in [7, 11) is 0. The molecule has 0 atom stereocenters. The van der Waals surface area contributed by atoms with Crippen molar-refractivity contribution < 1.29 is 0 Å². The lowest BCUT2D eigenvalue weighted by molar-refractivity contribution is 1.18. The fourth-order valence-corrected chi connectivity index (χ4v) is 5.62. The Hall–Kier alpha value is -4.07. The molecule has 0 spiro atoms. The quantitative estimate of drug-likeness (QED) is 0.245. The first-order valence-electron chi connectivity index (χ1n) is 11.5. The number of nitrogens with zero attached hydrogens (tertiary/aromatic N) is 1. The number of hydrogen-bond acceptors (Lipinski definition) is 0. The van der Waals surface area contributed by atoms with E-state index in [2.05, 4.69) is 108 Å². The molecule has 0 aliphatic heterocycles. The van der Waals surface area contributed by atoms with Gasteiger partial charge in [-0.3, -0.25) is 0 Å². The Bertz CT molecular complexity index is 1780. The van der Waals surface area contributed by atoms with Crippen LogP contribution in [-0.2, 0) is 0 Å². The molecule has 7 aromatic rings. The Kier molecular flexibility index (Phi) is 4.27. The second-order valence-corrected chi connectivity index (χ2v) is 9.10. The summed E-state index contributed by atoms with van der Waals surface area (Å²) in [5, 5.41) is 8.39. The smallest absolute Gasteiger partial charge is 0.0548 e. The molecule has 1 aromatic heterocycles. The van der Waals surface area contributed by atoms with Gasteiger partial charge in [0.15, 0.2) is 0 Å². The van der Waals surface area contributed by atoms with E-state index in [1.165, 1.54) is 43.4 Å². The standard InChI is InChI=1S/C32H20ClN/c33-27-15-7-5-13-25(27)26-14-6-8-16-28(26)34-29-19-17-21-9-1-3-11-23(21)31(29)32-24-12-4-2-10-22(24)18-20-30(32)34/h1-20H. The van der Waals surface area contributed by atoms with Gasteiger partial charge in [-0.2, -0.15) is 0 Å². The first-order valence-corrected chi connectivity index (χ1v) is 11.9. The number of rotatable bonds is 2. The average molecular weight is 454 g/mol. The van der Waals surface area contributed by atoms with Crippen LogP contribution < -0.4 is 0 Å². The van der Waals surface area contributed by atoms with Crippen molar-refractivity contribution in [1.29, 1.82) is 0 Å². The molecule has 34 heavy (non-hydrogen) atoms. The molecule has 7 rings (SSSR count). The maximum absolute atomic E-state index is 6.68. The van der Waals surface area contributed by atoms with Crippen molar-refractivity contribution in [3.8, 4) is 16.8 Å². The van der Waals surface area contributed by atoms with Crippen molar-refractivity contribution in [3.63, 3.8) is 0 Å². The number of aromatic nitrogens is 1. The largest absolute Gasteiger partial charge is 0.309 e. The third kappa shape index (κ3) is 2.74. The summed E-state index contributed by atoms with van der Waals surface area (Å²) in [5.74, 6) is 0. The van der Waals surface area contributed by atoms with Crippen LogP contribution in [0.5, 0.6) is 0 Å². The van der Waals surface area contributed by atoms with Crippen LogP contribution in [0.15, 0.2) is 121 Å². The fourth-order valence-electron chi connectivity index (χ4n) is 5.38. The van der Waals surface area contributed by atoms with E-state index in [0.29, 0.717) is 0 Å². The molecule has 0 unspecified atom stereocenters. The highest BCUT2D eigenvalue weighted by molar-refractivity contribution is 6.33. The molecule has 1 nitrogen and oxygen atoms in total. The van der Waals surface area contributed by atoms with Crippen LogP contribution in [0.4, 0.5) is 0 Å². The maximum atomic E-state index is 6.68. The van der Waals surface area contributed by atoms with Crippen molar-refractivity contribution in [1.82, 2.24) is 4.57 Å². The lowest BCUT2D eigenvalue weighted by atomic mass is 10.00. The van der Waals surface area contributed by atoms with E-state index in [1.54, 1.807) is 0 Å². The molecular formula is C32H20ClN. The molecule has 6 aromatic carbocycles. The summed E-state index contributed by atoms with van der Waals surface area (Å²) in [6.45, 7) is 0. The van der Waals surface area contributed by atoms with Crippen molar-refractivity contribution in [2.45, 2.75) is 0 Å². The molecule has 0 aliphatic rings. The number of para-hydroxylation sites is 1. The Morgan fingerprint density at radius 2 is 0.941 bits per heavy atom. The Labute approximate surface area is 202 Å². The predicted molar refractivity (Wildman–Crippen MR) is 146 cm³/mol. The van der Waals surface area contributed by atoms with Crippen molar-refractivity contribution in [2.24, 2.45) is 0 Å². The molecule has 0 radical (unpaired) electrons. The second-order valence-electron chi connectivity index (χ2n) is 8.69. The van der Waals surface area contributed by atoms with Crippen LogP contribution in [0.1, 0.15) is 0 Å². The molecule has 0 N–H and O–H groups in total.